The maximum Gasteiger partial charge on any atom is 0.408 e. The van der Waals surface area contributed by atoms with Crippen LogP contribution in [-0.4, -0.2) is 42.9 Å². The molecular weight excluding hydrogens is 288 g/mol. The van der Waals surface area contributed by atoms with Crippen LogP contribution in [0.5, 0.6) is 5.88 Å². The summed E-state index contributed by atoms with van der Waals surface area (Å²) in [6.45, 7) is 5.22. The fourth-order valence-corrected chi connectivity index (χ4v) is 1.68. The lowest BCUT2D eigenvalue weighted by Gasteiger charge is -2.22. The largest absolute Gasteiger partial charge is 0.481 e. The lowest BCUT2D eigenvalue weighted by molar-refractivity contribution is -0.143. The monoisotopic (exact) mass is 310 g/mol. The zero-order valence-electron chi connectivity index (χ0n) is 13.5. The van der Waals surface area contributed by atoms with Crippen molar-refractivity contribution in [2.45, 2.75) is 38.8 Å². The normalized spacial score (nSPS) is 12.2. The SMILES string of the molecule is COC(=O)[C@@H](Cc1cccc(OC)n1)NC(=O)OC(C)(C)C. The van der Waals surface area contributed by atoms with E-state index in [4.69, 9.17) is 14.2 Å². The number of carbonyl (C=O) groups excluding carboxylic acids is 2. The van der Waals surface area contributed by atoms with Gasteiger partial charge < -0.3 is 19.5 Å². The van der Waals surface area contributed by atoms with Crippen LogP contribution in [0.25, 0.3) is 0 Å². The van der Waals surface area contributed by atoms with E-state index < -0.39 is 23.7 Å². The van der Waals surface area contributed by atoms with Crippen LogP contribution in [0.4, 0.5) is 4.79 Å². The number of aromatic nitrogens is 1. The average molecular weight is 310 g/mol. The Hall–Kier alpha value is -2.31. The number of hydrogen-bond acceptors (Lipinski definition) is 6. The number of carbonyl (C=O) groups is 2. The summed E-state index contributed by atoms with van der Waals surface area (Å²) in [5.74, 6) is -0.145. The molecule has 1 amide bonds. The molecule has 0 aliphatic heterocycles. The molecule has 122 valence electrons. The van der Waals surface area contributed by atoms with E-state index in [1.54, 1.807) is 39.0 Å². The van der Waals surface area contributed by atoms with Gasteiger partial charge in [-0.25, -0.2) is 14.6 Å². The van der Waals surface area contributed by atoms with E-state index in [-0.39, 0.29) is 6.42 Å². The molecular formula is C15H22N2O5. The Kier molecular flexibility index (Phi) is 6.15. The molecule has 22 heavy (non-hydrogen) atoms. The van der Waals surface area contributed by atoms with Crippen molar-refractivity contribution in [3.05, 3.63) is 23.9 Å². The fourth-order valence-electron chi connectivity index (χ4n) is 1.68. The van der Waals surface area contributed by atoms with Gasteiger partial charge in [0.15, 0.2) is 0 Å². The predicted octanol–water partition coefficient (Wildman–Crippen LogP) is 1.70. The molecule has 0 saturated carbocycles. The first-order chi connectivity index (χ1) is 10.2. The average Bonchev–Trinajstić information content (AvgIpc) is 2.44. The number of ether oxygens (including phenoxy) is 3. The minimum atomic E-state index is -0.889. The first-order valence-electron chi connectivity index (χ1n) is 6.82. The third-order valence-electron chi connectivity index (χ3n) is 2.58. The Labute approximate surface area is 130 Å². The van der Waals surface area contributed by atoms with Crippen LogP contribution in [-0.2, 0) is 20.7 Å². The van der Waals surface area contributed by atoms with Crippen molar-refractivity contribution < 1.29 is 23.8 Å². The standard InChI is InChI=1S/C15H22N2O5/c1-15(2,3)22-14(19)17-11(13(18)21-5)9-10-7-6-8-12(16-10)20-4/h6-8,11H,9H2,1-5H3,(H,17,19)/t11-/m1/s1. The van der Waals surface area contributed by atoms with Crippen LogP contribution in [0, 0.1) is 0 Å². The number of nitrogens with zero attached hydrogens (tertiary/aromatic N) is 1. The van der Waals surface area contributed by atoms with Gasteiger partial charge in [-0.2, -0.15) is 0 Å². The summed E-state index contributed by atoms with van der Waals surface area (Å²) in [5, 5.41) is 2.49. The first-order valence-corrected chi connectivity index (χ1v) is 6.82. The third kappa shape index (κ3) is 5.99. The Morgan fingerprint density at radius 1 is 1.27 bits per heavy atom. The summed E-state index contributed by atoms with van der Waals surface area (Å²) in [6, 6.07) is 4.29. The van der Waals surface area contributed by atoms with E-state index in [1.807, 2.05) is 0 Å². The summed E-state index contributed by atoms with van der Waals surface area (Å²) >= 11 is 0. The second-order valence-corrected chi connectivity index (χ2v) is 5.60. The van der Waals surface area contributed by atoms with E-state index in [9.17, 15) is 9.59 Å². The van der Waals surface area contributed by atoms with Gasteiger partial charge in [-0.05, 0) is 26.8 Å². The van der Waals surface area contributed by atoms with Gasteiger partial charge in [-0.15, -0.1) is 0 Å². The summed E-state index contributed by atoms with van der Waals surface area (Å²) in [7, 11) is 2.76. The van der Waals surface area contributed by atoms with Crippen molar-refractivity contribution in [1.29, 1.82) is 0 Å². The minimum Gasteiger partial charge on any atom is -0.481 e. The van der Waals surface area contributed by atoms with Gasteiger partial charge in [0.05, 0.1) is 14.2 Å². The van der Waals surface area contributed by atoms with Crippen LogP contribution < -0.4 is 10.1 Å². The van der Waals surface area contributed by atoms with Gasteiger partial charge in [0.2, 0.25) is 5.88 Å². The molecule has 0 fully saturated rings. The maximum absolute atomic E-state index is 11.8. The Bertz CT molecular complexity index is 525. The topological polar surface area (TPSA) is 86.8 Å². The van der Waals surface area contributed by atoms with Crippen molar-refractivity contribution in [3.8, 4) is 5.88 Å². The Balaban J connectivity index is 2.80. The van der Waals surface area contributed by atoms with Crippen LogP contribution >= 0.6 is 0 Å². The van der Waals surface area contributed by atoms with E-state index in [1.165, 1.54) is 14.2 Å². The molecule has 0 aromatic carbocycles. The molecule has 1 N–H and O–H groups in total. The highest BCUT2D eigenvalue weighted by atomic mass is 16.6. The molecule has 7 heteroatoms. The van der Waals surface area contributed by atoms with Gasteiger partial charge in [-0.3, -0.25) is 0 Å². The third-order valence-corrected chi connectivity index (χ3v) is 2.58. The van der Waals surface area contributed by atoms with Gasteiger partial charge >= 0.3 is 12.1 Å². The molecule has 0 bridgehead atoms. The summed E-state index contributed by atoms with van der Waals surface area (Å²) in [6.07, 6.45) is -0.519. The van der Waals surface area contributed by atoms with Crippen LogP contribution in [0.15, 0.2) is 18.2 Å². The van der Waals surface area contributed by atoms with E-state index in [2.05, 4.69) is 10.3 Å². The summed E-state index contributed by atoms with van der Waals surface area (Å²) < 4.78 is 14.9. The second kappa shape index (κ2) is 7.63. The van der Waals surface area contributed by atoms with Crippen LogP contribution in [0.1, 0.15) is 26.5 Å². The number of amides is 1. The van der Waals surface area contributed by atoms with E-state index >= 15 is 0 Å². The number of nitrogens with one attached hydrogen (secondary N) is 1. The van der Waals surface area contributed by atoms with Crippen molar-refractivity contribution in [2.75, 3.05) is 14.2 Å². The van der Waals surface area contributed by atoms with Gasteiger partial charge in [0.1, 0.15) is 11.6 Å². The lowest BCUT2D eigenvalue weighted by atomic mass is 10.1. The lowest BCUT2D eigenvalue weighted by Crippen LogP contribution is -2.45. The second-order valence-electron chi connectivity index (χ2n) is 5.60. The van der Waals surface area contributed by atoms with Crippen molar-refractivity contribution in [2.24, 2.45) is 0 Å². The number of alkyl carbamates (subject to hydrolysis) is 1. The quantitative estimate of drug-likeness (QED) is 0.833. The fraction of sp³-hybridized carbons (Fsp3) is 0.533. The highest BCUT2D eigenvalue weighted by Crippen LogP contribution is 2.11. The predicted molar refractivity (Wildman–Crippen MR) is 79.7 cm³/mol. The maximum atomic E-state index is 11.8. The molecule has 0 spiro atoms. The molecule has 0 unspecified atom stereocenters. The summed E-state index contributed by atoms with van der Waals surface area (Å²) in [5.41, 5.74) is -0.0651. The van der Waals surface area contributed by atoms with Gasteiger partial charge in [0, 0.05) is 18.2 Å². The highest BCUT2D eigenvalue weighted by molar-refractivity contribution is 5.81. The molecule has 0 aliphatic carbocycles. The zero-order valence-corrected chi connectivity index (χ0v) is 13.5. The number of hydrogen-bond donors (Lipinski definition) is 1. The Morgan fingerprint density at radius 2 is 1.95 bits per heavy atom. The smallest absolute Gasteiger partial charge is 0.408 e. The van der Waals surface area contributed by atoms with Crippen LogP contribution in [0.2, 0.25) is 0 Å². The van der Waals surface area contributed by atoms with Gasteiger partial charge in [-0.1, -0.05) is 6.07 Å². The van der Waals surface area contributed by atoms with Crippen molar-refractivity contribution >= 4 is 12.1 Å². The van der Waals surface area contributed by atoms with E-state index in [0.717, 1.165) is 0 Å². The Morgan fingerprint density at radius 3 is 2.50 bits per heavy atom. The molecule has 1 aromatic heterocycles. The van der Waals surface area contributed by atoms with Gasteiger partial charge in [0.25, 0.3) is 0 Å². The highest BCUT2D eigenvalue weighted by Gasteiger charge is 2.25. The molecule has 1 heterocycles. The number of esters is 1. The van der Waals surface area contributed by atoms with Crippen molar-refractivity contribution in [1.82, 2.24) is 10.3 Å². The minimum absolute atomic E-state index is 0.170. The number of rotatable bonds is 5. The molecule has 7 nitrogen and oxygen atoms in total. The molecule has 1 aromatic rings. The molecule has 0 aliphatic rings. The molecule has 1 atom stereocenters. The zero-order chi connectivity index (χ0) is 16.8. The molecule has 1 rings (SSSR count). The van der Waals surface area contributed by atoms with Crippen LogP contribution in [0.3, 0.4) is 0 Å². The van der Waals surface area contributed by atoms with Crippen molar-refractivity contribution in [3.63, 3.8) is 0 Å². The molecule has 0 saturated heterocycles. The first kappa shape index (κ1) is 17.7. The summed E-state index contributed by atoms with van der Waals surface area (Å²) in [4.78, 5) is 27.8. The number of pyridine rings is 1. The van der Waals surface area contributed by atoms with E-state index in [0.29, 0.717) is 11.6 Å². The molecule has 0 radical (unpaired) electrons. The number of methoxy groups -OCH3 is 2.